The largest absolute Gasteiger partial charge is 0.288 e. The van der Waals surface area contributed by atoms with Crippen molar-refractivity contribution in [3.8, 4) is 0 Å². The maximum absolute atomic E-state index is 10.9. The van der Waals surface area contributed by atoms with E-state index in [9.17, 15) is 9.59 Å². The van der Waals surface area contributed by atoms with Crippen LogP contribution in [-0.2, 0) is 0 Å². The molecule has 13 heavy (non-hydrogen) atoms. The van der Waals surface area contributed by atoms with Gasteiger partial charge in [0, 0.05) is 0 Å². The highest BCUT2D eigenvalue weighted by Gasteiger charge is 2.25. The third kappa shape index (κ3) is 1.49. The molecule has 1 N–H and O–H groups in total. The van der Waals surface area contributed by atoms with Gasteiger partial charge in [-0.2, -0.15) is 0 Å². The van der Waals surface area contributed by atoms with Crippen LogP contribution in [0.2, 0.25) is 0 Å². The molecule has 3 heteroatoms. The van der Waals surface area contributed by atoms with Crippen molar-refractivity contribution >= 4 is 11.8 Å². The molecular weight excluding hydrogens is 166 g/mol. The SMILES string of the molecule is C=C.O=C1NC(=O)c2ccccc21. The third-order valence-corrected chi connectivity index (χ3v) is 1.64. The van der Waals surface area contributed by atoms with Crippen molar-refractivity contribution in [2.24, 2.45) is 0 Å². The first-order valence-electron chi connectivity index (χ1n) is 3.74. The van der Waals surface area contributed by atoms with E-state index in [1.54, 1.807) is 24.3 Å². The number of fused-ring (bicyclic) bond motifs is 1. The molecule has 0 aliphatic carbocycles. The Balaban J connectivity index is 0.000000396. The highest BCUT2D eigenvalue weighted by Crippen LogP contribution is 2.13. The van der Waals surface area contributed by atoms with Crippen LogP contribution in [-0.4, -0.2) is 11.8 Å². The molecule has 1 aromatic rings. The molecule has 0 unspecified atom stereocenters. The summed E-state index contributed by atoms with van der Waals surface area (Å²) < 4.78 is 0. The van der Waals surface area contributed by atoms with E-state index in [4.69, 9.17) is 0 Å². The first kappa shape index (κ1) is 9.19. The lowest BCUT2D eigenvalue weighted by Crippen LogP contribution is -2.19. The summed E-state index contributed by atoms with van der Waals surface area (Å²) in [6, 6.07) is 6.74. The molecule has 66 valence electrons. The lowest BCUT2D eigenvalue weighted by atomic mass is 10.1. The molecule has 3 nitrogen and oxygen atoms in total. The average Bonchev–Trinajstić information content (AvgIpc) is 2.47. The van der Waals surface area contributed by atoms with E-state index in [1.807, 2.05) is 0 Å². The molecule has 0 fully saturated rings. The highest BCUT2D eigenvalue weighted by molar-refractivity contribution is 6.21. The standard InChI is InChI=1S/C8H5NO2.C2H4/c10-7-5-3-1-2-4-6(5)8(11)9-7;1-2/h1-4H,(H,9,10,11);1-2H2. The zero-order chi connectivity index (χ0) is 9.84. The summed E-state index contributed by atoms with van der Waals surface area (Å²) in [6.45, 7) is 6.00. The van der Waals surface area contributed by atoms with Crippen LogP contribution in [0.25, 0.3) is 0 Å². The first-order valence-corrected chi connectivity index (χ1v) is 3.74. The number of rotatable bonds is 0. The molecular formula is C10H9NO2. The Kier molecular flexibility index (Phi) is 2.59. The maximum atomic E-state index is 10.9. The van der Waals surface area contributed by atoms with Gasteiger partial charge in [-0.05, 0) is 12.1 Å². The number of amides is 2. The van der Waals surface area contributed by atoms with Crippen molar-refractivity contribution in [2.45, 2.75) is 0 Å². The van der Waals surface area contributed by atoms with E-state index < -0.39 is 0 Å². The monoisotopic (exact) mass is 175 g/mol. The van der Waals surface area contributed by atoms with Gasteiger partial charge in [0.05, 0.1) is 11.1 Å². The number of hydrogen-bond donors (Lipinski definition) is 1. The molecule has 1 aliphatic heterocycles. The van der Waals surface area contributed by atoms with Crippen molar-refractivity contribution in [1.29, 1.82) is 0 Å². The predicted molar refractivity (Wildman–Crippen MR) is 49.5 cm³/mol. The van der Waals surface area contributed by atoms with Crippen LogP contribution in [0.4, 0.5) is 0 Å². The number of imide groups is 1. The number of hydrogen-bond acceptors (Lipinski definition) is 2. The molecule has 0 radical (unpaired) electrons. The van der Waals surface area contributed by atoms with Gasteiger partial charge < -0.3 is 0 Å². The Bertz CT molecular complexity index is 325. The Morgan fingerprint density at radius 2 is 1.31 bits per heavy atom. The van der Waals surface area contributed by atoms with Crippen molar-refractivity contribution in [2.75, 3.05) is 0 Å². The van der Waals surface area contributed by atoms with Crippen LogP contribution in [0.1, 0.15) is 20.7 Å². The minimum Gasteiger partial charge on any atom is -0.288 e. The average molecular weight is 175 g/mol. The van der Waals surface area contributed by atoms with E-state index >= 15 is 0 Å². The molecule has 0 aromatic heterocycles. The second-order valence-electron chi connectivity index (χ2n) is 2.33. The van der Waals surface area contributed by atoms with Gasteiger partial charge in [-0.3, -0.25) is 14.9 Å². The Morgan fingerprint density at radius 1 is 0.923 bits per heavy atom. The van der Waals surface area contributed by atoms with Crippen LogP contribution in [0, 0.1) is 0 Å². The summed E-state index contributed by atoms with van der Waals surface area (Å²) in [6.07, 6.45) is 0. The molecule has 1 aliphatic rings. The quantitative estimate of drug-likeness (QED) is 0.478. The lowest BCUT2D eigenvalue weighted by Gasteiger charge is -1.88. The number of nitrogens with one attached hydrogen (secondary N) is 1. The highest BCUT2D eigenvalue weighted by atomic mass is 16.2. The fourth-order valence-electron chi connectivity index (χ4n) is 1.12. The number of carbonyl (C=O) groups is 2. The Labute approximate surface area is 76.1 Å². The predicted octanol–water partition coefficient (Wildman–Crippen LogP) is 1.37. The fourth-order valence-corrected chi connectivity index (χ4v) is 1.12. The van der Waals surface area contributed by atoms with E-state index in [2.05, 4.69) is 18.5 Å². The molecule has 2 rings (SSSR count). The molecule has 1 heterocycles. The van der Waals surface area contributed by atoms with Crippen molar-refractivity contribution in [3.05, 3.63) is 48.6 Å². The number of carbonyl (C=O) groups excluding carboxylic acids is 2. The molecule has 0 bridgehead atoms. The van der Waals surface area contributed by atoms with E-state index in [-0.39, 0.29) is 11.8 Å². The van der Waals surface area contributed by atoms with Crippen LogP contribution in [0.15, 0.2) is 37.4 Å². The summed E-state index contributed by atoms with van der Waals surface area (Å²) in [5.41, 5.74) is 0.940. The first-order chi connectivity index (χ1) is 6.29. The van der Waals surface area contributed by atoms with E-state index in [0.717, 1.165) is 0 Å². The fraction of sp³-hybridized carbons (Fsp3) is 0. The van der Waals surface area contributed by atoms with Gasteiger partial charge in [-0.15, -0.1) is 13.2 Å². The minimum absolute atomic E-state index is 0.300. The normalized spacial score (nSPS) is 12.6. The van der Waals surface area contributed by atoms with E-state index in [1.165, 1.54) is 0 Å². The van der Waals surface area contributed by atoms with Crippen molar-refractivity contribution in [1.82, 2.24) is 5.32 Å². The van der Waals surface area contributed by atoms with Gasteiger partial charge in [0.15, 0.2) is 0 Å². The van der Waals surface area contributed by atoms with Crippen LogP contribution < -0.4 is 5.32 Å². The molecule has 1 aromatic carbocycles. The van der Waals surface area contributed by atoms with Gasteiger partial charge >= 0.3 is 0 Å². The van der Waals surface area contributed by atoms with Crippen molar-refractivity contribution in [3.63, 3.8) is 0 Å². The van der Waals surface area contributed by atoms with Crippen LogP contribution >= 0.6 is 0 Å². The topological polar surface area (TPSA) is 46.2 Å². The van der Waals surface area contributed by atoms with Gasteiger partial charge in [0.1, 0.15) is 0 Å². The van der Waals surface area contributed by atoms with Gasteiger partial charge in [0.2, 0.25) is 0 Å². The molecule has 0 spiro atoms. The van der Waals surface area contributed by atoms with Gasteiger partial charge in [-0.1, -0.05) is 12.1 Å². The minimum atomic E-state index is -0.300. The summed E-state index contributed by atoms with van der Waals surface area (Å²) in [4.78, 5) is 21.9. The van der Waals surface area contributed by atoms with Gasteiger partial charge in [0.25, 0.3) is 11.8 Å². The Morgan fingerprint density at radius 3 is 1.69 bits per heavy atom. The van der Waals surface area contributed by atoms with Crippen LogP contribution in [0.5, 0.6) is 0 Å². The van der Waals surface area contributed by atoms with Crippen molar-refractivity contribution < 1.29 is 9.59 Å². The molecule has 0 saturated heterocycles. The molecule has 2 amide bonds. The van der Waals surface area contributed by atoms with E-state index in [0.29, 0.717) is 11.1 Å². The zero-order valence-corrected chi connectivity index (χ0v) is 7.04. The second-order valence-corrected chi connectivity index (χ2v) is 2.33. The Hall–Kier alpha value is -1.90. The van der Waals surface area contributed by atoms with Crippen LogP contribution in [0.3, 0.4) is 0 Å². The summed E-state index contributed by atoms with van der Waals surface area (Å²) in [5.74, 6) is -0.601. The third-order valence-electron chi connectivity index (χ3n) is 1.64. The lowest BCUT2D eigenvalue weighted by molar-refractivity contribution is 0.0879. The second kappa shape index (κ2) is 3.67. The number of benzene rings is 1. The zero-order valence-electron chi connectivity index (χ0n) is 7.04. The summed E-state index contributed by atoms with van der Waals surface area (Å²) in [5, 5.41) is 2.20. The summed E-state index contributed by atoms with van der Waals surface area (Å²) in [7, 11) is 0. The molecule has 0 atom stereocenters. The summed E-state index contributed by atoms with van der Waals surface area (Å²) >= 11 is 0. The smallest absolute Gasteiger partial charge is 0.258 e. The maximum Gasteiger partial charge on any atom is 0.258 e. The van der Waals surface area contributed by atoms with Gasteiger partial charge in [-0.25, -0.2) is 0 Å². The molecule has 0 saturated carbocycles.